The molecular weight excluding hydrogens is 492 g/mol. The van der Waals surface area contributed by atoms with Gasteiger partial charge in [-0.05, 0) is 61.5 Å². The van der Waals surface area contributed by atoms with E-state index in [4.69, 9.17) is 4.74 Å². The van der Waals surface area contributed by atoms with Crippen LogP contribution in [0.5, 0.6) is 5.75 Å². The van der Waals surface area contributed by atoms with Crippen LogP contribution in [0.3, 0.4) is 0 Å². The summed E-state index contributed by atoms with van der Waals surface area (Å²) >= 11 is 4.85. The lowest BCUT2D eigenvalue weighted by molar-refractivity contribution is 0.102. The van der Waals surface area contributed by atoms with Crippen LogP contribution < -0.4 is 10.1 Å². The molecule has 2 heterocycles. The van der Waals surface area contributed by atoms with Crippen molar-refractivity contribution in [1.82, 2.24) is 25.0 Å². The Morgan fingerprint density at radius 3 is 2.50 bits per heavy atom. The van der Waals surface area contributed by atoms with E-state index in [1.54, 1.807) is 47.4 Å². The zero-order chi connectivity index (χ0) is 22.3. The molecule has 0 atom stereocenters. The summed E-state index contributed by atoms with van der Waals surface area (Å²) in [5.41, 5.74) is 2.32. The molecule has 1 amide bonds. The zero-order valence-electron chi connectivity index (χ0n) is 17.1. The molecule has 0 bridgehead atoms. The predicted molar refractivity (Wildman–Crippen MR) is 126 cm³/mol. The number of rotatable bonds is 8. The average molecular weight is 511 g/mol. The van der Waals surface area contributed by atoms with Crippen LogP contribution in [0, 0.1) is 0 Å². The van der Waals surface area contributed by atoms with Gasteiger partial charge >= 0.3 is 0 Å². The minimum Gasteiger partial charge on any atom is -0.494 e. The van der Waals surface area contributed by atoms with Crippen LogP contribution in [-0.4, -0.2) is 37.5 Å². The summed E-state index contributed by atoms with van der Waals surface area (Å²) in [6, 6.07) is 16.6. The van der Waals surface area contributed by atoms with Crippen molar-refractivity contribution in [2.45, 2.75) is 17.8 Å². The Morgan fingerprint density at radius 1 is 1.09 bits per heavy atom. The van der Waals surface area contributed by atoms with E-state index in [-0.39, 0.29) is 11.6 Å². The normalized spacial score (nSPS) is 10.7. The van der Waals surface area contributed by atoms with Gasteiger partial charge in [0, 0.05) is 28.3 Å². The Balaban J connectivity index is 1.61. The number of amides is 1. The first-order valence-corrected chi connectivity index (χ1v) is 11.6. The number of hydrogen-bond acceptors (Lipinski definition) is 7. The topological polar surface area (TPSA) is 94.8 Å². The Bertz CT molecular complexity index is 1180. The SMILES string of the molecule is CCOc1ccc(NC(=O)c2nnn(-c3ccc(Br)cc3)c2CSc2ncccn2)cc1. The quantitative estimate of drug-likeness (QED) is 0.269. The molecule has 0 fully saturated rings. The van der Waals surface area contributed by atoms with Crippen molar-refractivity contribution in [2.75, 3.05) is 11.9 Å². The van der Waals surface area contributed by atoms with Crippen molar-refractivity contribution in [3.8, 4) is 11.4 Å². The van der Waals surface area contributed by atoms with E-state index >= 15 is 0 Å². The number of ether oxygens (including phenoxy) is 1. The van der Waals surface area contributed by atoms with E-state index in [2.05, 4.69) is 41.5 Å². The number of anilines is 1. The molecule has 2 aromatic heterocycles. The molecule has 0 spiro atoms. The first-order valence-electron chi connectivity index (χ1n) is 9.78. The number of benzene rings is 2. The monoisotopic (exact) mass is 510 g/mol. The van der Waals surface area contributed by atoms with Crippen molar-refractivity contribution in [2.24, 2.45) is 0 Å². The van der Waals surface area contributed by atoms with Gasteiger partial charge < -0.3 is 10.1 Å². The van der Waals surface area contributed by atoms with Gasteiger partial charge in [0.1, 0.15) is 5.75 Å². The van der Waals surface area contributed by atoms with Gasteiger partial charge in [0.05, 0.1) is 18.0 Å². The largest absolute Gasteiger partial charge is 0.494 e. The van der Waals surface area contributed by atoms with Gasteiger partial charge in [-0.25, -0.2) is 14.6 Å². The zero-order valence-corrected chi connectivity index (χ0v) is 19.5. The molecule has 0 aliphatic heterocycles. The molecule has 0 saturated heterocycles. The average Bonchev–Trinajstić information content (AvgIpc) is 3.24. The second kappa shape index (κ2) is 10.4. The third-order valence-electron chi connectivity index (χ3n) is 4.35. The van der Waals surface area contributed by atoms with E-state index in [0.717, 1.165) is 15.9 Å². The summed E-state index contributed by atoms with van der Waals surface area (Å²) in [5, 5.41) is 11.9. The number of carbonyl (C=O) groups is 1. The van der Waals surface area contributed by atoms with Gasteiger partial charge in [-0.15, -0.1) is 5.10 Å². The Morgan fingerprint density at radius 2 is 1.81 bits per heavy atom. The van der Waals surface area contributed by atoms with Gasteiger partial charge in [0.15, 0.2) is 10.9 Å². The molecule has 4 aromatic rings. The van der Waals surface area contributed by atoms with E-state index < -0.39 is 0 Å². The summed E-state index contributed by atoms with van der Waals surface area (Å²) < 4.78 is 8.06. The smallest absolute Gasteiger partial charge is 0.278 e. The van der Waals surface area contributed by atoms with Crippen LogP contribution in [-0.2, 0) is 5.75 Å². The standard InChI is InChI=1S/C22H19BrN6O2S/c1-2-31-18-10-6-16(7-11-18)26-21(30)20-19(14-32-22-24-12-3-13-25-22)29(28-27-20)17-8-4-15(23)5-9-17/h3-13H,2,14H2,1H3,(H,26,30). The molecule has 4 rings (SSSR count). The molecular formula is C22H19BrN6O2S. The number of hydrogen-bond donors (Lipinski definition) is 1. The second-order valence-corrected chi connectivity index (χ2v) is 8.36. The first-order chi connectivity index (χ1) is 15.6. The van der Waals surface area contributed by atoms with Gasteiger partial charge in [-0.2, -0.15) is 0 Å². The molecule has 162 valence electrons. The summed E-state index contributed by atoms with van der Waals surface area (Å²) in [5.74, 6) is 0.813. The van der Waals surface area contributed by atoms with Crippen LogP contribution in [0.2, 0.25) is 0 Å². The maximum absolute atomic E-state index is 13.0. The van der Waals surface area contributed by atoms with Crippen LogP contribution in [0.1, 0.15) is 23.1 Å². The molecule has 32 heavy (non-hydrogen) atoms. The van der Waals surface area contributed by atoms with Crippen molar-refractivity contribution in [1.29, 1.82) is 0 Å². The maximum atomic E-state index is 13.0. The molecule has 0 saturated carbocycles. The highest BCUT2D eigenvalue weighted by Crippen LogP contribution is 2.24. The second-order valence-electron chi connectivity index (χ2n) is 6.50. The highest BCUT2D eigenvalue weighted by molar-refractivity contribution is 9.10. The van der Waals surface area contributed by atoms with E-state index in [1.165, 1.54) is 11.8 Å². The summed E-state index contributed by atoms with van der Waals surface area (Å²) in [6.07, 6.45) is 3.36. The minimum atomic E-state index is -0.345. The predicted octanol–water partition coefficient (Wildman–Crippen LogP) is 4.76. The lowest BCUT2D eigenvalue weighted by atomic mass is 10.2. The Hall–Kier alpha value is -3.24. The molecule has 0 radical (unpaired) electrons. The number of carbonyl (C=O) groups excluding carboxylic acids is 1. The third-order valence-corrected chi connectivity index (χ3v) is 5.77. The number of halogens is 1. The molecule has 10 heteroatoms. The number of aromatic nitrogens is 5. The lowest BCUT2D eigenvalue weighted by Crippen LogP contribution is -2.15. The van der Waals surface area contributed by atoms with Crippen LogP contribution in [0.25, 0.3) is 5.69 Å². The molecule has 8 nitrogen and oxygen atoms in total. The van der Waals surface area contributed by atoms with E-state index in [9.17, 15) is 4.79 Å². The highest BCUT2D eigenvalue weighted by atomic mass is 79.9. The summed E-state index contributed by atoms with van der Waals surface area (Å²) in [7, 11) is 0. The van der Waals surface area contributed by atoms with Crippen molar-refractivity contribution in [3.05, 3.63) is 82.9 Å². The van der Waals surface area contributed by atoms with Gasteiger partial charge in [-0.3, -0.25) is 4.79 Å². The van der Waals surface area contributed by atoms with Crippen molar-refractivity contribution in [3.63, 3.8) is 0 Å². The number of nitrogens with zero attached hydrogens (tertiary/aromatic N) is 5. The summed E-state index contributed by atoms with van der Waals surface area (Å²) in [4.78, 5) is 21.5. The van der Waals surface area contributed by atoms with Crippen LogP contribution in [0.4, 0.5) is 5.69 Å². The first kappa shape index (κ1) is 22.0. The third kappa shape index (κ3) is 5.32. The number of nitrogens with one attached hydrogen (secondary N) is 1. The minimum absolute atomic E-state index is 0.241. The fourth-order valence-corrected chi connectivity index (χ4v) is 3.94. The van der Waals surface area contributed by atoms with E-state index in [1.807, 2.05) is 31.2 Å². The molecule has 2 aromatic carbocycles. The molecule has 1 N–H and O–H groups in total. The van der Waals surface area contributed by atoms with E-state index in [0.29, 0.717) is 28.9 Å². The van der Waals surface area contributed by atoms with Gasteiger partial charge in [-0.1, -0.05) is 32.9 Å². The summed E-state index contributed by atoms with van der Waals surface area (Å²) in [6.45, 7) is 2.50. The molecule has 0 aliphatic carbocycles. The fraction of sp³-hybridized carbons (Fsp3) is 0.136. The molecule has 0 aliphatic rings. The van der Waals surface area contributed by atoms with Gasteiger partial charge in [0.25, 0.3) is 5.91 Å². The Kier molecular flexibility index (Phi) is 7.13. The van der Waals surface area contributed by atoms with Crippen molar-refractivity contribution >= 4 is 39.3 Å². The lowest BCUT2D eigenvalue weighted by Gasteiger charge is -2.09. The Labute approximate surface area is 197 Å². The maximum Gasteiger partial charge on any atom is 0.278 e. The highest BCUT2D eigenvalue weighted by Gasteiger charge is 2.21. The number of thioether (sulfide) groups is 1. The van der Waals surface area contributed by atoms with Crippen molar-refractivity contribution < 1.29 is 9.53 Å². The van der Waals surface area contributed by atoms with Crippen LogP contribution >= 0.6 is 27.7 Å². The fourth-order valence-electron chi connectivity index (χ4n) is 2.88. The van der Waals surface area contributed by atoms with Crippen LogP contribution in [0.15, 0.2) is 76.6 Å². The molecule has 0 unspecified atom stereocenters. The van der Waals surface area contributed by atoms with Gasteiger partial charge in [0.2, 0.25) is 0 Å².